The topological polar surface area (TPSA) is 25.8 Å². The molecule has 3 rings (SSSR count). The molecule has 2 heterocycles. The quantitative estimate of drug-likeness (QED) is 0.373. The van der Waals surface area contributed by atoms with E-state index >= 15 is 0 Å². The highest BCUT2D eigenvalue weighted by Gasteiger charge is 2.31. The standard InChI is InChI=1S/C25H34N2P2Si/c1-25(2,3)24-20(19(17-28)13-14-21(24)30(4,5)6)18-29(22-11-7-9-15-26-22)23-12-8-10-16-27-23/h7-16H,17-18,28H2,1-6H3. The van der Waals surface area contributed by atoms with Crippen LogP contribution in [0.15, 0.2) is 60.9 Å². The Hall–Kier alpha value is -1.40. The number of pyridine rings is 2. The van der Waals surface area contributed by atoms with Crippen molar-refractivity contribution < 1.29 is 0 Å². The highest BCUT2D eigenvalue weighted by Crippen LogP contribution is 2.41. The first-order chi connectivity index (χ1) is 14.1. The van der Waals surface area contributed by atoms with Crippen molar-refractivity contribution >= 4 is 41.3 Å². The largest absolute Gasteiger partial charge is 0.256 e. The van der Waals surface area contributed by atoms with E-state index in [9.17, 15) is 0 Å². The fraction of sp³-hybridized carbons (Fsp3) is 0.360. The number of hydrogen-bond acceptors (Lipinski definition) is 2. The van der Waals surface area contributed by atoms with Gasteiger partial charge in [-0.15, -0.1) is 9.24 Å². The summed E-state index contributed by atoms with van der Waals surface area (Å²) in [6.07, 6.45) is 5.77. The maximum atomic E-state index is 4.76. The van der Waals surface area contributed by atoms with Crippen LogP contribution >= 0.6 is 17.2 Å². The maximum Gasteiger partial charge on any atom is 0.0779 e. The molecule has 0 amide bonds. The van der Waals surface area contributed by atoms with E-state index in [0.29, 0.717) is 0 Å². The van der Waals surface area contributed by atoms with Crippen molar-refractivity contribution in [2.24, 2.45) is 0 Å². The molecule has 2 aromatic heterocycles. The molecule has 0 aliphatic rings. The summed E-state index contributed by atoms with van der Waals surface area (Å²) in [5.74, 6) is 0. The van der Waals surface area contributed by atoms with E-state index in [1.54, 1.807) is 10.8 Å². The summed E-state index contributed by atoms with van der Waals surface area (Å²) in [4.78, 5) is 9.52. The molecule has 1 unspecified atom stereocenters. The van der Waals surface area contributed by atoms with Gasteiger partial charge in [-0.2, -0.15) is 0 Å². The molecule has 1 atom stereocenters. The van der Waals surface area contributed by atoms with Crippen molar-refractivity contribution in [1.29, 1.82) is 0 Å². The Balaban J connectivity index is 2.24. The molecule has 0 radical (unpaired) electrons. The van der Waals surface area contributed by atoms with Gasteiger partial charge in [0.1, 0.15) is 0 Å². The lowest BCUT2D eigenvalue weighted by molar-refractivity contribution is 0.588. The zero-order chi connectivity index (χ0) is 21.9. The van der Waals surface area contributed by atoms with Gasteiger partial charge in [0.05, 0.1) is 18.9 Å². The summed E-state index contributed by atoms with van der Waals surface area (Å²) in [5.41, 5.74) is 6.90. The van der Waals surface area contributed by atoms with Crippen LogP contribution in [0.2, 0.25) is 19.6 Å². The normalized spacial score (nSPS) is 12.4. The van der Waals surface area contributed by atoms with E-state index in [2.05, 4.69) is 86.1 Å². The summed E-state index contributed by atoms with van der Waals surface area (Å²) in [7, 11) is 0.773. The fourth-order valence-corrected chi connectivity index (χ4v) is 8.43. The highest BCUT2D eigenvalue weighted by molar-refractivity contribution is 7.71. The molecule has 2 nitrogen and oxygen atoms in total. The van der Waals surface area contributed by atoms with Crippen molar-refractivity contribution in [2.45, 2.75) is 58.2 Å². The lowest BCUT2D eigenvalue weighted by atomic mass is 9.82. The lowest BCUT2D eigenvalue weighted by Crippen LogP contribution is -2.44. The molecule has 30 heavy (non-hydrogen) atoms. The molecular weight excluding hydrogens is 418 g/mol. The van der Waals surface area contributed by atoms with Crippen LogP contribution in [0.1, 0.15) is 37.5 Å². The average Bonchev–Trinajstić information content (AvgIpc) is 2.71. The van der Waals surface area contributed by atoms with Crippen molar-refractivity contribution in [3.63, 3.8) is 0 Å². The molecular formula is C25H34N2P2Si. The van der Waals surface area contributed by atoms with Crippen LogP contribution in [0.25, 0.3) is 0 Å². The summed E-state index contributed by atoms with van der Waals surface area (Å²) in [5, 5.41) is 1.59. The molecule has 0 spiro atoms. The molecule has 0 fully saturated rings. The SMILES string of the molecule is CC(C)(C)c1c([Si](C)(C)C)ccc(CP)c1CP(c1ccccn1)c1ccccn1. The predicted octanol–water partition coefficient (Wildman–Crippen LogP) is 5.33. The monoisotopic (exact) mass is 452 g/mol. The van der Waals surface area contributed by atoms with Crippen LogP contribution in [0.5, 0.6) is 0 Å². The number of hydrogen-bond donors (Lipinski definition) is 0. The Bertz CT molecular complexity index is 938. The molecule has 0 bridgehead atoms. The summed E-state index contributed by atoms with van der Waals surface area (Å²) >= 11 is 0. The van der Waals surface area contributed by atoms with Crippen molar-refractivity contribution in [2.75, 3.05) is 0 Å². The second kappa shape index (κ2) is 9.39. The van der Waals surface area contributed by atoms with Crippen molar-refractivity contribution in [3.05, 3.63) is 77.6 Å². The maximum absolute atomic E-state index is 4.76. The van der Waals surface area contributed by atoms with Crippen LogP contribution in [0, 0.1) is 0 Å². The second-order valence-corrected chi connectivity index (χ2v) is 17.3. The van der Waals surface area contributed by atoms with Gasteiger partial charge in [0.2, 0.25) is 0 Å². The minimum absolute atomic E-state index is 0.0933. The summed E-state index contributed by atoms with van der Waals surface area (Å²) in [6.45, 7) is 14.5. The van der Waals surface area contributed by atoms with Crippen LogP contribution in [-0.2, 0) is 17.7 Å². The molecule has 1 aromatic carbocycles. The summed E-state index contributed by atoms with van der Waals surface area (Å²) in [6, 6.07) is 17.3. The molecule has 3 aromatic rings. The van der Waals surface area contributed by atoms with Gasteiger partial charge in [-0.25, -0.2) is 0 Å². The van der Waals surface area contributed by atoms with Crippen molar-refractivity contribution in [1.82, 2.24) is 9.97 Å². The van der Waals surface area contributed by atoms with Crippen LogP contribution in [-0.4, -0.2) is 18.0 Å². The van der Waals surface area contributed by atoms with Gasteiger partial charge in [-0.1, -0.05) is 69.9 Å². The fourth-order valence-electron chi connectivity index (χ4n) is 4.01. The minimum atomic E-state index is -1.50. The number of benzene rings is 1. The minimum Gasteiger partial charge on any atom is -0.256 e. The van der Waals surface area contributed by atoms with Gasteiger partial charge < -0.3 is 0 Å². The van der Waals surface area contributed by atoms with Gasteiger partial charge in [-0.3, -0.25) is 9.97 Å². The molecule has 158 valence electrons. The molecule has 0 N–H and O–H groups in total. The highest BCUT2D eigenvalue weighted by atomic mass is 31.1. The second-order valence-electron chi connectivity index (χ2n) is 9.79. The first kappa shape index (κ1) is 23.3. The van der Waals surface area contributed by atoms with E-state index in [0.717, 1.165) is 23.2 Å². The van der Waals surface area contributed by atoms with Crippen LogP contribution in [0.3, 0.4) is 0 Å². The molecule has 5 heteroatoms. The molecule has 0 aliphatic heterocycles. The third-order valence-electron chi connectivity index (χ3n) is 5.36. The lowest BCUT2D eigenvalue weighted by Gasteiger charge is -2.34. The van der Waals surface area contributed by atoms with E-state index < -0.39 is 16.0 Å². The van der Waals surface area contributed by atoms with E-state index in [4.69, 9.17) is 9.97 Å². The molecule has 0 aliphatic carbocycles. The number of aromatic nitrogens is 2. The Morgan fingerprint density at radius 3 is 1.83 bits per heavy atom. The van der Waals surface area contributed by atoms with E-state index in [1.165, 1.54) is 11.1 Å². The van der Waals surface area contributed by atoms with E-state index in [1.807, 2.05) is 24.5 Å². The first-order valence-electron chi connectivity index (χ1n) is 10.6. The zero-order valence-corrected chi connectivity index (χ0v) is 22.2. The Morgan fingerprint density at radius 1 is 0.867 bits per heavy atom. The average molecular weight is 453 g/mol. The van der Waals surface area contributed by atoms with Crippen LogP contribution in [0.4, 0.5) is 0 Å². The van der Waals surface area contributed by atoms with Gasteiger partial charge in [-0.05, 0) is 52.5 Å². The van der Waals surface area contributed by atoms with Gasteiger partial charge in [0.25, 0.3) is 0 Å². The Labute approximate surface area is 186 Å². The van der Waals surface area contributed by atoms with Gasteiger partial charge >= 0.3 is 0 Å². The Kier molecular flexibility index (Phi) is 7.28. The summed E-state index contributed by atoms with van der Waals surface area (Å²) < 4.78 is 0. The molecule has 0 saturated heterocycles. The van der Waals surface area contributed by atoms with Gasteiger partial charge in [0.15, 0.2) is 0 Å². The van der Waals surface area contributed by atoms with Crippen LogP contribution < -0.4 is 16.1 Å². The Morgan fingerprint density at radius 2 is 1.43 bits per heavy atom. The third-order valence-corrected chi connectivity index (χ3v) is 10.1. The van der Waals surface area contributed by atoms with E-state index in [-0.39, 0.29) is 5.41 Å². The van der Waals surface area contributed by atoms with Gasteiger partial charge in [0, 0.05) is 26.5 Å². The molecule has 0 saturated carbocycles. The first-order valence-corrected chi connectivity index (χ1v) is 16.4. The van der Waals surface area contributed by atoms with Crippen molar-refractivity contribution in [3.8, 4) is 0 Å². The third kappa shape index (κ3) is 5.25. The smallest absolute Gasteiger partial charge is 0.0779 e. The zero-order valence-electron chi connectivity index (χ0n) is 19.1. The number of nitrogens with zero attached hydrogens (tertiary/aromatic N) is 2. The number of rotatable bonds is 6. The predicted molar refractivity (Wildman–Crippen MR) is 140 cm³/mol.